The Morgan fingerprint density at radius 1 is 1.04 bits per heavy atom. The van der Waals surface area contributed by atoms with E-state index in [1.54, 1.807) is 12.1 Å². The number of anilines is 2. The fourth-order valence-electron chi connectivity index (χ4n) is 2.27. The van der Waals surface area contributed by atoms with Crippen molar-refractivity contribution in [3.8, 4) is 11.4 Å². The second-order valence-electron chi connectivity index (χ2n) is 5.55. The molecule has 0 saturated carbocycles. The molecule has 3 aromatic rings. The summed E-state index contributed by atoms with van der Waals surface area (Å²) >= 11 is 5.94. The van der Waals surface area contributed by atoms with E-state index in [9.17, 15) is 18.0 Å². The van der Waals surface area contributed by atoms with Gasteiger partial charge < -0.3 is 11.1 Å². The lowest BCUT2D eigenvalue weighted by atomic mass is 10.1. The lowest BCUT2D eigenvalue weighted by molar-refractivity contribution is -0.137. The summed E-state index contributed by atoms with van der Waals surface area (Å²) < 4.78 is 38.7. The van der Waals surface area contributed by atoms with Gasteiger partial charge in [0.2, 0.25) is 0 Å². The number of halogens is 4. The number of nitrogens with one attached hydrogen (secondary N) is 1. The quantitative estimate of drug-likeness (QED) is 0.502. The maximum absolute atomic E-state index is 12.9. The SMILES string of the molecule is Nc1ccc(C(=O)Nc2cc(Cl)nc(-c3cccc(C(F)(F)F)c3)n2)cc1. The van der Waals surface area contributed by atoms with Crippen molar-refractivity contribution >= 4 is 29.0 Å². The first-order chi connectivity index (χ1) is 12.7. The third kappa shape index (κ3) is 4.53. The van der Waals surface area contributed by atoms with E-state index in [1.807, 2.05) is 0 Å². The van der Waals surface area contributed by atoms with Gasteiger partial charge in [-0.1, -0.05) is 23.7 Å². The Hall–Kier alpha value is -3.13. The van der Waals surface area contributed by atoms with Crippen molar-refractivity contribution in [3.05, 3.63) is 70.9 Å². The standard InChI is InChI=1S/C18H12ClF3N4O/c19-14-9-15(26-17(27)10-4-6-13(23)7-5-10)25-16(24-14)11-2-1-3-12(8-11)18(20,21)22/h1-9H,23H2,(H,24,25,26,27). The van der Waals surface area contributed by atoms with E-state index >= 15 is 0 Å². The van der Waals surface area contributed by atoms with Gasteiger partial charge in [0.05, 0.1) is 5.56 Å². The molecule has 0 saturated heterocycles. The van der Waals surface area contributed by atoms with Crippen LogP contribution in [-0.2, 0) is 6.18 Å². The van der Waals surface area contributed by atoms with Crippen LogP contribution in [0.1, 0.15) is 15.9 Å². The van der Waals surface area contributed by atoms with Gasteiger partial charge >= 0.3 is 6.18 Å². The molecular weight excluding hydrogens is 381 g/mol. The minimum absolute atomic E-state index is 0.0231. The number of benzene rings is 2. The number of hydrogen-bond donors (Lipinski definition) is 2. The van der Waals surface area contributed by atoms with Gasteiger partial charge in [0.25, 0.3) is 5.91 Å². The number of rotatable bonds is 3. The molecule has 138 valence electrons. The van der Waals surface area contributed by atoms with Gasteiger partial charge in [0, 0.05) is 22.9 Å². The van der Waals surface area contributed by atoms with Crippen LogP contribution in [0.4, 0.5) is 24.7 Å². The summed E-state index contributed by atoms with van der Waals surface area (Å²) in [5.74, 6) is -0.454. The van der Waals surface area contributed by atoms with Crippen molar-refractivity contribution in [2.24, 2.45) is 0 Å². The normalized spacial score (nSPS) is 11.3. The van der Waals surface area contributed by atoms with Crippen molar-refractivity contribution in [3.63, 3.8) is 0 Å². The van der Waals surface area contributed by atoms with Crippen LogP contribution in [-0.4, -0.2) is 15.9 Å². The number of alkyl halides is 3. The molecule has 0 fully saturated rings. The Kier molecular flexibility index (Phi) is 5.00. The second kappa shape index (κ2) is 7.24. The summed E-state index contributed by atoms with van der Waals surface area (Å²) in [6.45, 7) is 0. The fraction of sp³-hybridized carbons (Fsp3) is 0.0556. The van der Waals surface area contributed by atoms with Crippen molar-refractivity contribution in [2.75, 3.05) is 11.1 Å². The van der Waals surface area contributed by atoms with Crippen LogP contribution >= 0.6 is 11.6 Å². The van der Waals surface area contributed by atoms with Crippen LogP contribution in [0.5, 0.6) is 0 Å². The highest BCUT2D eigenvalue weighted by Gasteiger charge is 2.30. The monoisotopic (exact) mass is 392 g/mol. The third-order valence-corrected chi connectivity index (χ3v) is 3.75. The van der Waals surface area contributed by atoms with Gasteiger partial charge in [-0.15, -0.1) is 0 Å². The largest absolute Gasteiger partial charge is 0.416 e. The van der Waals surface area contributed by atoms with E-state index in [0.29, 0.717) is 11.3 Å². The molecule has 0 aliphatic carbocycles. The molecule has 0 radical (unpaired) electrons. The molecule has 1 amide bonds. The number of carbonyl (C=O) groups excluding carboxylic acids is 1. The number of amides is 1. The van der Waals surface area contributed by atoms with Crippen molar-refractivity contribution < 1.29 is 18.0 Å². The predicted molar refractivity (Wildman–Crippen MR) is 96.3 cm³/mol. The molecule has 0 bridgehead atoms. The molecule has 27 heavy (non-hydrogen) atoms. The predicted octanol–water partition coefficient (Wildman–Crippen LogP) is 4.65. The van der Waals surface area contributed by atoms with Gasteiger partial charge in [0.1, 0.15) is 11.0 Å². The summed E-state index contributed by atoms with van der Waals surface area (Å²) in [4.78, 5) is 20.3. The number of nitrogen functional groups attached to an aromatic ring is 1. The summed E-state index contributed by atoms with van der Waals surface area (Å²) in [7, 11) is 0. The number of nitrogens with zero attached hydrogens (tertiary/aromatic N) is 2. The van der Waals surface area contributed by atoms with E-state index in [1.165, 1.54) is 30.3 Å². The highest BCUT2D eigenvalue weighted by atomic mass is 35.5. The minimum Gasteiger partial charge on any atom is -0.399 e. The Labute approximate surface area is 157 Å². The van der Waals surface area contributed by atoms with Crippen LogP contribution in [0.25, 0.3) is 11.4 Å². The van der Waals surface area contributed by atoms with Crippen LogP contribution in [0, 0.1) is 0 Å². The van der Waals surface area contributed by atoms with Crippen LogP contribution in [0.15, 0.2) is 54.6 Å². The summed E-state index contributed by atoms with van der Waals surface area (Å²) in [6.07, 6.45) is -4.50. The summed E-state index contributed by atoms with van der Waals surface area (Å²) in [5.41, 5.74) is 5.70. The highest BCUT2D eigenvalue weighted by Crippen LogP contribution is 2.32. The Balaban J connectivity index is 1.91. The lowest BCUT2D eigenvalue weighted by Crippen LogP contribution is -2.13. The van der Waals surface area contributed by atoms with E-state index < -0.39 is 17.6 Å². The molecule has 3 rings (SSSR count). The molecule has 0 aliphatic heterocycles. The minimum atomic E-state index is -4.50. The molecule has 5 nitrogen and oxygen atoms in total. The molecule has 0 atom stereocenters. The van der Waals surface area contributed by atoms with E-state index in [0.717, 1.165) is 12.1 Å². The number of aromatic nitrogens is 2. The van der Waals surface area contributed by atoms with E-state index in [2.05, 4.69) is 15.3 Å². The van der Waals surface area contributed by atoms with Gasteiger partial charge in [-0.25, -0.2) is 9.97 Å². The maximum atomic E-state index is 12.9. The smallest absolute Gasteiger partial charge is 0.399 e. The number of nitrogens with two attached hydrogens (primary N) is 1. The first-order valence-electron chi connectivity index (χ1n) is 7.61. The zero-order valence-corrected chi connectivity index (χ0v) is 14.3. The Morgan fingerprint density at radius 2 is 1.74 bits per heavy atom. The Bertz CT molecular complexity index is 991. The van der Waals surface area contributed by atoms with Crippen molar-refractivity contribution in [1.29, 1.82) is 0 Å². The number of carbonyl (C=O) groups is 1. The summed E-state index contributed by atoms with van der Waals surface area (Å²) in [5, 5.41) is 2.51. The van der Waals surface area contributed by atoms with E-state index in [-0.39, 0.29) is 22.4 Å². The molecule has 0 unspecified atom stereocenters. The lowest BCUT2D eigenvalue weighted by Gasteiger charge is -2.10. The number of hydrogen-bond acceptors (Lipinski definition) is 4. The first kappa shape index (κ1) is 18.7. The molecule has 9 heteroatoms. The molecule has 2 aromatic carbocycles. The van der Waals surface area contributed by atoms with Gasteiger partial charge in [0.15, 0.2) is 5.82 Å². The zero-order chi connectivity index (χ0) is 19.6. The molecule has 1 heterocycles. The fourth-order valence-corrected chi connectivity index (χ4v) is 2.45. The van der Waals surface area contributed by atoms with Crippen LogP contribution < -0.4 is 11.1 Å². The average molecular weight is 393 g/mol. The Morgan fingerprint density at radius 3 is 2.41 bits per heavy atom. The summed E-state index contributed by atoms with van der Waals surface area (Å²) in [6, 6.07) is 12.0. The van der Waals surface area contributed by atoms with Gasteiger partial charge in [-0.2, -0.15) is 13.2 Å². The van der Waals surface area contributed by atoms with Gasteiger partial charge in [-0.3, -0.25) is 4.79 Å². The molecule has 3 N–H and O–H groups in total. The van der Waals surface area contributed by atoms with Crippen molar-refractivity contribution in [1.82, 2.24) is 9.97 Å². The van der Waals surface area contributed by atoms with E-state index in [4.69, 9.17) is 17.3 Å². The molecular formula is C18H12ClF3N4O. The maximum Gasteiger partial charge on any atom is 0.416 e. The first-order valence-corrected chi connectivity index (χ1v) is 7.99. The zero-order valence-electron chi connectivity index (χ0n) is 13.6. The van der Waals surface area contributed by atoms with Gasteiger partial charge in [-0.05, 0) is 36.4 Å². The topological polar surface area (TPSA) is 80.9 Å². The second-order valence-corrected chi connectivity index (χ2v) is 5.94. The third-order valence-electron chi connectivity index (χ3n) is 3.56. The molecule has 0 aliphatic rings. The van der Waals surface area contributed by atoms with Crippen LogP contribution in [0.3, 0.4) is 0 Å². The van der Waals surface area contributed by atoms with Crippen molar-refractivity contribution in [2.45, 2.75) is 6.18 Å². The highest BCUT2D eigenvalue weighted by molar-refractivity contribution is 6.29. The average Bonchev–Trinajstić information content (AvgIpc) is 2.61. The molecule has 0 spiro atoms. The van der Waals surface area contributed by atoms with Crippen LogP contribution in [0.2, 0.25) is 5.15 Å². The molecule has 1 aromatic heterocycles.